The van der Waals surface area contributed by atoms with Crippen molar-refractivity contribution in [2.45, 2.75) is 25.7 Å². The van der Waals surface area contributed by atoms with Crippen LogP contribution in [0.1, 0.15) is 25.7 Å². The maximum Gasteiger partial charge on any atom is 0.248 e. The van der Waals surface area contributed by atoms with Crippen molar-refractivity contribution in [2.24, 2.45) is 16.7 Å². The summed E-state index contributed by atoms with van der Waals surface area (Å²) in [6, 6.07) is 0. The molecule has 0 radical (unpaired) electrons. The van der Waals surface area contributed by atoms with Crippen LogP contribution in [0.5, 0.6) is 0 Å². The van der Waals surface area contributed by atoms with Crippen molar-refractivity contribution in [1.29, 1.82) is 0 Å². The Kier molecular flexibility index (Phi) is 2.52. The Morgan fingerprint density at radius 1 is 1.06 bits per heavy atom. The highest BCUT2D eigenvalue weighted by Crippen LogP contribution is 2.72. The first-order valence-electron chi connectivity index (χ1n) is 5.66. The lowest BCUT2D eigenvalue weighted by atomic mass is 9.39. The summed E-state index contributed by atoms with van der Waals surface area (Å²) in [5.74, 6) is 0.0515. The first-order chi connectivity index (χ1) is 8.32. The first kappa shape index (κ1) is 12.6. The Bertz CT molecular complexity index is 539. The van der Waals surface area contributed by atoms with Crippen molar-refractivity contribution < 1.29 is 14.4 Å². The standard InChI is InChI=1S/C12H9Cl3O3/c13-8(16)6-3-11(9(14)17)1-5-2-12(4-11,7(5)6)10(15)18/h5H,1-4H2. The van der Waals surface area contributed by atoms with Gasteiger partial charge in [0.1, 0.15) is 0 Å². The summed E-state index contributed by atoms with van der Waals surface area (Å²) in [6.45, 7) is 0. The van der Waals surface area contributed by atoms with Crippen molar-refractivity contribution in [2.75, 3.05) is 0 Å². The van der Waals surface area contributed by atoms with Gasteiger partial charge in [0.25, 0.3) is 0 Å². The number of allylic oxidation sites excluding steroid dienone is 2. The molecular weight excluding hydrogens is 298 g/mol. The van der Waals surface area contributed by atoms with Crippen molar-refractivity contribution in [1.82, 2.24) is 0 Å². The van der Waals surface area contributed by atoms with Gasteiger partial charge < -0.3 is 0 Å². The van der Waals surface area contributed by atoms with Crippen LogP contribution in [-0.4, -0.2) is 15.7 Å². The van der Waals surface area contributed by atoms with Gasteiger partial charge in [-0.25, -0.2) is 0 Å². The van der Waals surface area contributed by atoms with Crippen molar-refractivity contribution >= 4 is 50.5 Å². The van der Waals surface area contributed by atoms with E-state index in [-0.39, 0.29) is 12.3 Å². The minimum Gasteiger partial charge on any atom is -0.281 e. The Morgan fingerprint density at radius 3 is 2.22 bits per heavy atom. The van der Waals surface area contributed by atoms with E-state index in [2.05, 4.69) is 0 Å². The van der Waals surface area contributed by atoms with Gasteiger partial charge in [0.15, 0.2) is 0 Å². The summed E-state index contributed by atoms with van der Waals surface area (Å²) in [4.78, 5) is 34.9. The van der Waals surface area contributed by atoms with E-state index in [1.54, 1.807) is 0 Å². The average molecular weight is 308 g/mol. The first-order valence-corrected chi connectivity index (χ1v) is 6.79. The largest absolute Gasteiger partial charge is 0.281 e. The smallest absolute Gasteiger partial charge is 0.248 e. The zero-order chi connectivity index (χ0) is 13.3. The molecule has 5 rings (SSSR count). The molecule has 0 aliphatic heterocycles. The van der Waals surface area contributed by atoms with E-state index in [0.717, 1.165) is 5.57 Å². The quantitative estimate of drug-likeness (QED) is 0.753. The Morgan fingerprint density at radius 2 is 1.72 bits per heavy atom. The second-order valence-electron chi connectivity index (χ2n) is 5.53. The van der Waals surface area contributed by atoms with Gasteiger partial charge in [-0.2, -0.15) is 0 Å². The predicted molar refractivity (Wildman–Crippen MR) is 66.4 cm³/mol. The SMILES string of the molecule is O=C(Cl)C1=C2C3CC(C(=O)Cl)(C1)CC2(C(=O)Cl)C3. The number of halogens is 3. The third kappa shape index (κ3) is 1.30. The average Bonchev–Trinajstić information content (AvgIpc) is 2.27. The number of carbonyl (C=O) groups is 3. The zero-order valence-corrected chi connectivity index (χ0v) is 11.5. The fraction of sp³-hybridized carbons (Fsp3) is 0.583. The molecule has 0 saturated heterocycles. The summed E-state index contributed by atoms with van der Waals surface area (Å²) in [5.41, 5.74) is -0.556. The lowest BCUT2D eigenvalue weighted by Gasteiger charge is -2.63. The molecule has 0 amide bonds. The Balaban J connectivity index is 2.19. The topological polar surface area (TPSA) is 51.2 Å². The third-order valence-corrected chi connectivity index (χ3v) is 5.66. The minimum atomic E-state index is -0.868. The zero-order valence-electron chi connectivity index (χ0n) is 9.26. The van der Waals surface area contributed by atoms with Gasteiger partial charge in [0.2, 0.25) is 15.7 Å². The lowest BCUT2D eigenvalue weighted by molar-refractivity contribution is -0.142. The van der Waals surface area contributed by atoms with E-state index in [1.807, 2.05) is 0 Å². The molecule has 3 nitrogen and oxygen atoms in total. The van der Waals surface area contributed by atoms with E-state index in [1.165, 1.54) is 0 Å². The molecule has 3 fully saturated rings. The molecule has 0 aromatic rings. The molecule has 6 heteroatoms. The van der Waals surface area contributed by atoms with Crippen LogP contribution < -0.4 is 0 Å². The molecule has 5 aliphatic rings. The highest BCUT2D eigenvalue weighted by Gasteiger charge is 2.69. The van der Waals surface area contributed by atoms with Gasteiger partial charge in [-0.05, 0) is 72.0 Å². The van der Waals surface area contributed by atoms with Crippen LogP contribution in [0.15, 0.2) is 11.1 Å². The normalized spacial score (nSPS) is 40.5. The molecule has 18 heavy (non-hydrogen) atoms. The molecule has 0 spiro atoms. The summed E-state index contributed by atoms with van der Waals surface area (Å²) < 4.78 is 0. The highest BCUT2D eigenvalue weighted by atomic mass is 35.5. The van der Waals surface area contributed by atoms with Gasteiger partial charge in [-0.1, -0.05) is 0 Å². The van der Waals surface area contributed by atoms with Gasteiger partial charge in [-0.3, -0.25) is 14.4 Å². The van der Waals surface area contributed by atoms with Crippen LogP contribution in [-0.2, 0) is 14.4 Å². The highest BCUT2D eigenvalue weighted by molar-refractivity contribution is 6.69. The van der Waals surface area contributed by atoms with Crippen LogP contribution >= 0.6 is 34.8 Å². The molecule has 0 aromatic carbocycles. The Labute approximate surface area is 118 Å². The second-order valence-corrected chi connectivity index (χ2v) is 6.56. The number of hydrogen-bond donors (Lipinski definition) is 0. The Hall–Kier alpha value is -0.380. The fourth-order valence-corrected chi connectivity index (χ4v) is 4.73. The molecule has 96 valence electrons. The molecule has 5 aliphatic carbocycles. The van der Waals surface area contributed by atoms with Gasteiger partial charge >= 0.3 is 0 Å². The van der Waals surface area contributed by atoms with E-state index in [4.69, 9.17) is 34.8 Å². The predicted octanol–water partition coefficient (Wildman–Crippen LogP) is 2.77. The van der Waals surface area contributed by atoms with Crippen LogP contribution in [0, 0.1) is 16.7 Å². The van der Waals surface area contributed by atoms with Crippen LogP contribution in [0.3, 0.4) is 0 Å². The van der Waals surface area contributed by atoms with Crippen molar-refractivity contribution in [3.63, 3.8) is 0 Å². The third-order valence-electron chi connectivity index (χ3n) is 4.67. The summed E-state index contributed by atoms with van der Waals surface area (Å²) in [7, 11) is 0. The fourth-order valence-electron chi connectivity index (χ4n) is 4.11. The molecule has 0 heterocycles. The van der Waals surface area contributed by atoms with Crippen molar-refractivity contribution in [3.05, 3.63) is 11.1 Å². The number of rotatable bonds is 3. The van der Waals surface area contributed by atoms with E-state index in [9.17, 15) is 14.4 Å². The van der Waals surface area contributed by atoms with Gasteiger partial charge in [0, 0.05) is 5.57 Å². The van der Waals surface area contributed by atoms with Crippen LogP contribution in [0.2, 0.25) is 0 Å². The van der Waals surface area contributed by atoms with Gasteiger partial charge in [-0.15, -0.1) is 0 Å². The molecule has 0 N–H and O–H groups in total. The van der Waals surface area contributed by atoms with Crippen molar-refractivity contribution in [3.8, 4) is 0 Å². The molecule has 3 saturated carbocycles. The van der Waals surface area contributed by atoms with E-state index >= 15 is 0 Å². The maximum absolute atomic E-state index is 11.7. The molecule has 0 aromatic heterocycles. The number of fused-ring (bicyclic) bond motifs is 1. The number of hydrogen-bond acceptors (Lipinski definition) is 3. The van der Waals surface area contributed by atoms with E-state index in [0.29, 0.717) is 24.8 Å². The van der Waals surface area contributed by atoms with Crippen LogP contribution in [0.25, 0.3) is 0 Å². The van der Waals surface area contributed by atoms with Gasteiger partial charge in [0.05, 0.1) is 10.8 Å². The van der Waals surface area contributed by atoms with Crippen LogP contribution in [0.4, 0.5) is 0 Å². The molecule has 3 atom stereocenters. The number of carbonyl (C=O) groups excluding carboxylic acids is 3. The molecular formula is C12H9Cl3O3. The molecule has 4 bridgehead atoms. The van der Waals surface area contributed by atoms with E-state index < -0.39 is 26.6 Å². The second kappa shape index (κ2) is 3.59. The summed E-state index contributed by atoms with van der Waals surface area (Å²) in [6.07, 6.45) is 1.77. The summed E-state index contributed by atoms with van der Waals surface area (Å²) >= 11 is 16.9. The molecule has 3 unspecified atom stereocenters. The lowest BCUT2D eigenvalue weighted by Crippen LogP contribution is -2.60. The minimum absolute atomic E-state index is 0.0515. The monoisotopic (exact) mass is 306 g/mol. The maximum atomic E-state index is 11.7. The summed E-state index contributed by atoms with van der Waals surface area (Å²) in [5, 5.41) is -1.60.